The summed E-state index contributed by atoms with van der Waals surface area (Å²) in [5.74, 6) is -1.22. The van der Waals surface area contributed by atoms with Gasteiger partial charge in [-0.25, -0.2) is 4.39 Å². The number of aliphatic carboxylic acids is 1. The monoisotopic (exact) mass is 317 g/mol. The average molecular weight is 318 g/mol. The van der Waals surface area contributed by atoms with Crippen LogP contribution in [0, 0.1) is 5.82 Å². The highest BCUT2D eigenvalue weighted by Gasteiger charge is 2.16. The molecule has 0 heterocycles. The van der Waals surface area contributed by atoms with E-state index < -0.39 is 12.0 Å². The number of carbonyl (C=O) groups is 1. The number of rotatable bonds is 7. The Balaban J connectivity index is 2.60. The van der Waals surface area contributed by atoms with E-state index in [4.69, 9.17) is 5.11 Å². The predicted octanol–water partition coefficient (Wildman–Crippen LogP) is 3.32. The molecule has 100 valence electrons. The van der Waals surface area contributed by atoms with Gasteiger partial charge in [0.25, 0.3) is 0 Å². The lowest BCUT2D eigenvalue weighted by Gasteiger charge is -2.14. The minimum Gasteiger partial charge on any atom is -0.480 e. The summed E-state index contributed by atoms with van der Waals surface area (Å²) >= 11 is 3.26. The van der Waals surface area contributed by atoms with Crippen molar-refractivity contribution in [2.24, 2.45) is 0 Å². The summed E-state index contributed by atoms with van der Waals surface area (Å²) < 4.78 is 14.2. The summed E-state index contributed by atoms with van der Waals surface area (Å²) in [5, 5.41) is 11.9. The highest BCUT2D eigenvalue weighted by molar-refractivity contribution is 9.10. The maximum Gasteiger partial charge on any atom is 0.320 e. The Bertz CT molecular complexity index is 412. The highest BCUT2D eigenvalue weighted by Crippen LogP contribution is 2.15. The van der Waals surface area contributed by atoms with Crippen LogP contribution < -0.4 is 5.32 Å². The summed E-state index contributed by atoms with van der Waals surface area (Å²) in [5.41, 5.74) is 0.465. The van der Waals surface area contributed by atoms with Gasteiger partial charge in [0.05, 0.1) is 0 Å². The van der Waals surface area contributed by atoms with E-state index >= 15 is 0 Å². The molecule has 3 nitrogen and oxygen atoms in total. The first-order valence-electron chi connectivity index (χ1n) is 5.94. The highest BCUT2D eigenvalue weighted by atomic mass is 79.9. The van der Waals surface area contributed by atoms with Crippen molar-refractivity contribution >= 4 is 21.9 Å². The molecule has 0 spiro atoms. The van der Waals surface area contributed by atoms with Crippen LogP contribution in [0.2, 0.25) is 0 Å². The standard InChI is InChI=1S/C13H17BrFNO2/c1-2-3-4-12(13(17)18)16-8-9-7-10(14)5-6-11(9)15/h5-7,12,16H,2-4,8H2,1H3,(H,17,18). The molecule has 0 bridgehead atoms. The fraction of sp³-hybridized carbons (Fsp3) is 0.462. The van der Waals surface area contributed by atoms with E-state index in [1.165, 1.54) is 6.07 Å². The fourth-order valence-corrected chi connectivity index (χ4v) is 2.04. The van der Waals surface area contributed by atoms with Crippen molar-refractivity contribution in [2.45, 2.75) is 38.8 Å². The van der Waals surface area contributed by atoms with E-state index in [2.05, 4.69) is 21.2 Å². The number of carboxylic acid groups (broad SMARTS) is 1. The van der Waals surface area contributed by atoms with Gasteiger partial charge >= 0.3 is 5.97 Å². The van der Waals surface area contributed by atoms with Gasteiger partial charge in [-0.3, -0.25) is 4.79 Å². The van der Waals surface area contributed by atoms with Gasteiger partial charge in [-0.15, -0.1) is 0 Å². The van der Waals surface area contributed by atoms with Crippen molar-refractivity contribution in [3.05, 3.63) is 34.1 Å². The van der Waals surface area contributed by atoms with Crippen molar-refractivity contribution < 1.29 is 14.3 Å². The summed E-state index contributed by atoms with van der Waals surface area (Å²) in [7, 11) is 0. The second-order valence-electron chi connectivity index (χ2n) is 4.15. The maximum absolute atomic E-state index is 13.5. The lowest BCUT2D eigenvalue weighted by molar-refractivity contribution is -0.139. The van der Waals surface area contributed by atoms with Gasteiger partial charge in [-0.1, -0.05) is 35.7 Å². The van der Waals surface area contributed by atoms with E-state index in [-0.39, 0.29) is 12.4 Å². The number of carboxylic acids is 1. The molecule has 1 atom stereocenters. The van der Waals surface area contributed by atoms with E-state index in [1.54, 1.807) is 12.1 Å². The molecule has 0 amide bonds. The molecule has 0 saturated heterocycles. The van der Waals surface area contributed by atoms with Crippen LogP contribution in [0.4, 0.5) is 4.39 Å². The molecular formula is C13H17BrFNO2. The average Bonchev–Trinajstić information content (AvgIpc) is 2.33. The SMILES string of the molecule is CCCCC(NCc1cc(Br)ccc1F)C(=O)O. The van der Waals surface area contributed by atoms with Gasteiger partial charge < -0.3 is 10.4 Å². The molecule has 0 radical (unpaired) electrons. The van der Waals surface area contributed by atoms with Crippen molar-refractivity contribution in [3.63, 3.8) is 0 Å². The van der Waals surface area contributed by atoms with Gasteiger partial charge in [0.15, 0.2) is 0 Å². The van der Waals surface area contributed by atoms with Gasteiger partial charge in [0.2, 0.25) is 0 Å². The normalized spacial score (nSPS) is 12.4. The van der Waals surface area contributed by atoms with Crippen LogP contribution in [-0.2, 0) is 11.3 Å². The quantitative estimate of drug-likeness (QED) is 0.811. The topological polar surface area (TPSA) is 49.3 Å². The molecule has 5 heteroatoms. The van der Waals surface area contributed by atoms with E-state index in [0.29, 0.717) is 12.0 Å². The Morgan fingerprint density at radius 2 is 2.28 bits per heavy atom. The third kappa shape index (κ3) is 4.74. The third-order valence-electron chi connectivity index (χ3n) is 2.69. The van der Waals surface area contributed by atoms with Crippen molar-refractivity contribution in [3.8, 4) is 0 Å². The predicted molar refractivity (Wildman–Crippen MR) is 71.9 cm³/mol. The molecule has 18 heavy (non-hydrogen) atoms. The van der Waals surface area contributed by atoms with Gasteiger partial charge in [-0.2, -0.15) is 0 Å². The first-order valence-corrected chi connectivity index (χ1v) is 6.74. The third-order valence-corrected chi connectivity index (χ3v) is 3.18. The first-order chi connectivity index (χ1) is 8.54. The molecule has 1 unspecified atom stereocenters. The maximum atomic E-state index is 13.5. The van der Waals surface area contributed by atoms with Crippen LogP contribution in [0.1, 0.15) is 31.7 Å². The summed E-state index contributed by atoms with van der Waals surface area (Å²) in [6, 6.07) is 4.01. The molecule has 1 aromatic rings. The molecule has 0 saturated carbocycles. The lowest BCUT2D eigenvalue weighted by atomic mass is 10.1. The lowest BCUT2D eigenvalue weighted by Crippen LogP contribution is -2.36. The fourth-order valence-electron chi connectivity index (χ4n) is 1.63. The Morgan fingerprint density at radius 1 is 1.56 bits per heavy atom. The molecule has 0 fully saturated rings. The van der Waals surface area contributed by atoms with Crippen LogP contribution >= 0.6 is 15.9 Å². The molecule has 0 aliphatic carbocycles. The van der Waals surface area contributed by atoms with Crippen LogP contribution in [-0.4, -0.2) is 17.1 Å². The first kappa shape index (κ1) is 15.1. The smallest absolute Gasteiger partial charge is 0.320 e. The number of hydrogen-bond acceptors (Lipinski definition) is 2. The Labute approximate surface area is 115 Å². The van der Waals surface area contributed by atoms with Crippen molar-refractivity contribution in [2.75, 3.05) is 0 Å². The number of hydrogen-bond donors (Lipinski definition) is 2. The molecule has 2 N–H and O–H groups in total. The van der Waals surface area contributed by atoms with Crippen LogP contribution in [0.25, 0.3) is 0 Å². The molecule has 0 aromatic heterocycles. The van der Waals surface area contributed by atoms with E-state index in [1.807, 2.05) is 6.92 Å². The minimum atomic E-state index is -0.890. The zero-order valence-electron chi connectivity index (χ0n) is 10.2. The molecule has 0 aliphatic heterocycles. The summed E-state index contributed by atoms with van der Waals surface area (Å²) in [6.07, 6.45) is 2.34. The Morgan fingerprint density at radius 3 is 2.89 bits per heavy atom. The Hall–Kier alpha value is -0.940. The summed E-state index contributed by atoms with van der Waals surface area (Å²) in [4.78, 5) is 11.0. The Kier molecular flexibility index (Phi) is 6.29. The van der Waals surface area contributed by atoms with E-state index in [0.717, 1.165) is 17.3 Å². The van der Waals surface area contributed by atoms with Crippen LogP contribution in [0.5, 0.6) is 0 Å². The van der Waals surface area contributed by atoms with Gasteiger partial charge in [-0.05, 0) is 24.6 Å². The number of nitrogens with one attached hydrogen (secondary N) is 1. The van der Waals surface area contributed by atoms with Gasteiger partial charge in [0.1, 0.15) is 11.9 Å². The van der Waals surface area contributed by atoms with Crippen molar-refractivity contribution in [1.29, 1.82) is 0 Å². The zero-order chi connectivity index (χ0) is 13.5. The van der Waals surface area contributed by atoms with Crippen molar-refractivity contribution in [1.82, 2.24) is 5.32 Å². The second-order valence-corrected chi connectivity index (χ2v) is 5.07. The van der Waals surface area contributed by atoms with Crippen LogP contribution in [0.3, 0.4) is 0 Å². The summed E-state index contributed by atoms with van der Waals surface area (Å²) in [6.45, 7) is 2.22. The number of unbranched alkanes of at least 4 members (excludes halogenated alkanes) is 1. The minimum absolute atomic E-state index is 0.214. The number of halogens is 2. The zero-order valence-corrected chi connectivity index (χ0v) is 11.8. The van der Waals surface area contributed by atoms with E-state index in [9.17, 15) is 9.18 Å². The van der Waals surface area contributed by atoms with Crippen LogP contribution in [0.15, 0.2) is 22.7 Å². The molecule has 1 rings (SSSR count). The largest absolute Gasteiger partial charge is 0.480 e. The molecule has 0 aliphatic rings. The molecular weight excluding hydrogens is 301 g/mol. The van der Waals surface area contributed by atoms with Gasteiger partial charge in [0, 0.05) is 16.6 Å². The molecule has 1 aromatic carbocycles. The number of benzene rings is 1. The second kappa shape index (κ2) is 7.48.